The van der Waals surface area contributed by atoms with Gasteiger partial charge in [0.15, 0.2) is 0 Å². The number of ether oxygens (including phenoxy) is 1. The van der Waals surface area contributed by atoms with Crippen molar-refractivity contribution in [3.05, 3.63) is 64.5 Å². The third kappa shape index (κ3) is 3.11. The van der Waals surface area contributed by atoms with E-state index >= 15 is 0 Å². The van der Waals surface area contributed by atoms with E-state index in [4.69, 9.17) is 4.74 Å². The molecule has 4 aromatic rings. The Balaban J connectivity index is 1.67. The van der Waals surface area contributed by atoms with Gasteiger partial charge in [-0.15, -0.1) is 11.3 Å². The van der Waals surface area contributed by atoms with Gasteiger partial charge >= 0.3 is 0 Å². The number of fused-ring (bicyclic) bond motifs is 3. The molecule has 0 saturated heterocycles. The zero-order valence-electron chi connectivity index (χ0n) is 15.2. The summed E-state index contributed by atoms with van der Waals surface area (Å²) in [6.45, 7) is 1.69. The number of halogens is 1. The van der Waals surface area contributed by atoms with Gasteiger partial charge in [-0.2, -0.15) is 0 Å². The number of hydrogen-bond acceptors (Lipinski definition) is 5. The Morgan fingerprint density at radius 1 is 1.32 bits per heavy atom. The number of rotatable bonds is 4. The summed E-state index contributed by atoms with van der Waals surface area (Å²) in [4.78, 5) is 29.5. The van der Waals surface area contributed by atoms with E-state index in [2.05, 4.69) is 10.3 Å². The highest BCUT2D eigenvalue weighted by Crippen LogP contribution is 2.32. The summed E-state index contributed by atoms with van der Waals surface area (Å²) in [5.74, 6) is -0.281. The molecule has 2 heterocycles. The van der Waals surface area contributed by atoms with E-state index in [9.17, 15) is 14.0 Å². The van der Waals surface area contributed by atoms with Crippen LogP contribution < -0.4 is 15.6 Å². The molecule has 1 N–H and O–H groups in total. The lowest BCUT2D eigenvalue weighted by atomic mass is 10.2. The van der Waals surface area contributed by atoms with Crippen LogP contribution in [0.1, 0.15) is 5.56 Å². The van der Waals surface area contributed by atoms with Gasteiger partial charge in [-0.25, -0.2) is 9.37 Å². The van der Waals surface area contributed by atoms with Gasteiger partial charge in [0.05, 0.1) is 30.0 Å². The fraction of sp³-hybridized carbons (Fsp3) is 0.150. The average molecular weight is 397 g/mol. The number of thiophene rings is 1. The first-order chi connectivity index (χ1) is 13.5. The minimum absolute atomic E-state index is 0.213. The number of benzene rings is 2. The molecule has 6 nitrogen and oxygen atoms in total. The number of carbonyl (C=O) groups excluding carboxylic acids is 1. The topological polar surface area (TPSA) is 73.2 Å². The number of nitrogens with one attached hydrogen (secondary N) is 1. The Labute approximate surface area is 163 Å². The van der Waals surface area contributed by atoms with Crippen molar-refractivity contribution in [3.63, 3.8) is 0 Å². The highest BCUT2D eigenvalue weighted by Gasteiger charge is 2.16. The van der Waals surface area contributed by atoms with Gasteiger partial charge in [-0.1, -0.05) is 12.1 Å². The monoisotopic (exact) mass is 397 g/mol. The maximum absolute atomic E-state index is 14.1. The van der Waals surface area contributed by atoms with Crippen LogP contribution in [0.15, 0.2) is 47.5 Å². The van der Waals surface area contributed by atoms with Gasteiger partial charge in [-0.05, 0) is 36.8 Å². The Hall–Kier alpha value is -3.26. The average Bonchev–Trinajstić information content (AvgIpc) is 3.05. The molecule has 0 fully saturated rings. The summed E-state index contributed by atoms with van der Waals surface area (Å²) in [5, 5.41) is 3.09. The van der Waals surface area contributed by atoms with Crippen LogP contribution in [0.25, 0.3) is 20.3 Å². The van der Waals surface area contributed by atoms with Crippen molar-refractivity contribution in [2.45, 2.75) is 13.5 Å². The summed E-state index contributed by atoms with van der Waals surface area (Å²) in [5.41, 5.74) is 1.43. The third-order valence-electron chi connectivity index (χ3n) is 4.36. The van der Waals surface area contributed by atoms with E-state index in [1.54, 1.807) is 24.3 Å². The van der Waals surface area contributed by atoms with Gasteiger partial charge in [0.25, 0.3) is 5.56 Å². The van der Waals surface area contributed by atoms with Crippen molar-refractivity contribution in [2.75, 3.05) is 12.4 Å². The number of aryl methyl sites for hydroxylation is 1. The number of amides is 1. The van der Waals surface area contributed by atoms with Crippen molar-refractivity contribution < 1.29 is 13.9 Å². The third-order valence-corrected chi connectivity index (χ3v) is 5.50. The van der Waals surface area contributed by atoms with E-state index in [0.29, 0.717) is 31.7 Å². The maximum atomic E-state index is 14.1. The van der Waals surface area contributed by atoms with Gasteiger partial charge in [-0.3, -0.25) is 14.2 Å². The molecule has 0 radical (unpaired) electrons. The van der Waals surface area contributed by atoms with Crippen LogP contribution in [0.3, 0.4) is 0 Å². The Kier molecular flexibility index (Phi) is 4.56. The predicted molar refractivity (Wildman–Crippen MR) is 108 cm³/mol. The number of aromatic nitrogens is 2. The molecule has 142 valence electrons. The second-order valence-corrected chi connectivity index (χ2v) is 7.37. The lowest BCUT2D eigenvalue weighted by molar-refractivity contribution is -0.116. The van der Waals surface area contributed by atoms with Crippen LogP contribution in [-0.4, -0.2) is 22.6 Å². The summed E-state index contributed by atoms with van der Waals surface area (Å²) in [6.07, 6.45) is 1.27. The molecule has 0 aliphatic rings. The standard InChI is InChI=1S/C20H16FN3O3S/c1-11-6-7-14(27-2)13(8-11)23-16(25)9-24-10-22-18-17-12(21)4-3-5-15(17)28-19(18)20(24)26/h3-8,10H,9H2,1-2H3,(H,23,25). The van der Waals surface area contributed by atoms with E-state index in [1.807, 2.05) is 13.0 Å². The van der Waals surface area contributed by atoms with Gasteiger partial charge in [0.2, 0.25) is 5.91 Å². The molecular formula is C20H16FN3O3S. The zero-order valence-corrected chi connectivity index (χ0v) is 16.0. The minimum Gasteiger partial charge on any atom is -0.495 e. The largest absolute Gasteiger partial charge is 0.495 e. The van der Waals surface area contributed by atoms with E-state index in [1.165, 1.54) is 35.4 Å². The fourth-order valence-corrected chi connectivity index (χ4v) is 4.16. The molecule has 28 heavy (non-hydrogen) atoms. The van der Waals surface area contributed by atoms with Crippen LogP contribution in [-0.2, 0) is 11.3 Å². The SMILES string of the molecule is COc1ccc(C)cc1NC(=O)Cn1cnc2c(sc3cccc(F)c32)c1=O. The second kappa shape index (κ2) is 7.05. The molecule has 0 atom stereocenters. The smallest absolute Gasteiger partial charge is 0.271 e. The number of anilines is 1. The summed E-state index contributed by atoms with van der Waals surface area (Å²) in [7, 11) is 1.52. The first-order valence-electron chi connectivity index (χ1n) is 8.48. The molecule has 0 unspecified atom stereocenters. The molecular weight excluding hydrogens is 381 g/mol. The van der Waals surface area contributed by atoms with Crippen molar-refractivity contribution in [1.82, 2.24) is 9.55 Å². The molecule has 0 aliphatic carbocycles. The Morgan fingerprint density at radius 3 is 2.93 bits per heavy atom. The molecule has 1 amide bonds. The maximum Gasteiger partial charge on any atom is 0.271 e. The summed E-state index contributed by atoms with van der Waals surface area (Å²) < 4.78 is 21.6. The highest BCUT2D eigenvalue weighted by molar-refractivity contribution is 7.25. The van der Waals surface area contributed by atoms with Crippen molar-refractivity contribution in [1.29, 1.82) is 0 Å². The van der Waals surface area contributed by atoms with Gasteiger partial charge in [0.1, 0.15) is 22.8 Å². The zero-order chi connectivity index (χ0) is 19.8. The van der Waals surface area contributed by atoms with E-state index < -0.39 is 5.82 Å². The lowest BCUT2D eigenvalue weighted by Crippen LogP contribution is -2.27. The molecule has 0 spiro atoms. The van der Waals surface area contributed by atoms with Gasteiger partial charge in [0, 0.05) is 4.70 Å². The van der Waals surface area contributed by atoms with E-state index in [-0.39, 0.29) is 18.0 Å². The van der Waals surface area contributed by atoms with Crippen molar-refractivity contribution in [2.24, 2.45) is 0 Å². The molecule has 0 saturated carbocycles. The van der Waals surface area contributed by atoms with Gasteiger partial charge < -0.3 is 10.1 Å². The van der Waals surface area contributed by atoms with Crippen molar-refractivity contribution in [3.8, 4) is 5.75 Å². The minimum atomic E-state index is -0.419. The fourth-order valence-electron chi connectivity index (χ4n) is 3.05. The van der Waals surface area contributed by atoms with Crippen LogP contribution in [0.5, 0.6) is 5.75 Å². The highest BCUT2D eigenvalue weighted by atomic mass is 32.1. The molecule has 0 bridgehead atoms. The first-order valence-corrected chi connectivity index (χ1v) is 9.30. The van der Waals surface area contributed by atoms with Crippen LogP contribution in [0, 0.1) is 12.7 Å². The lowest BCUT2D eigenvalue weighted by Gasteiger charge is -2.11. The normalized spacial score (nSPS) is 11.1. The van der Waals surface area contributed by atoms with E-state index in [0.717, 1.165) is 5.56 Å². The van der Waals surface area contributed by atoms with Crippen LogP contribution in [0.4, 0.5) is 10.1 Å². The number of methoxy groups -OCH3 is 1. The quantitative estimate of drug-likeness (QED) is 0.570. The predicted octanol–water partition coefficient (Wildman–Crippen LogP) is 3.71. The Bertz CT molecular complexity index is 1280. The molecule has 0 aliphatic heterocycles. The van der Waals surface area contributed by atoms with Crippen LogP contribution >= 0.6 is 11.3 Å². The summed E-state index contributed by atoms with van der Waals surface area (Å²) >= 11 is 1.17. The Morgan fingerprint density at radius 2 is 2.14 bits per heavy atom. The number of carbonyl (C=O) groups is 1. The molecule has 4 rings (SSSR count). The summed E-state index contributed by atoms with van der Waals surface area (Å²) in [6, 6.07) is 10.1. The molecule has 2 aromatic carbocycles. The van der Waals surface area contributed by atoms with Crippen molar-refractivity contribution >= 4 is 43.2 Å². The second-order valence-electron chi connectivity index (χ2n) is 6.32. The number of hydrogen-bond donors (Lipinski definition) is 1. The van der Waals surface area contributed by atoms with Crippen LogP contribution in [0.2, 0.25) is 0 Å². The molecule has 2 aromatic heterocycles. The first kappa shape index (κ1) is 18.1. The molecule has 8 heteroatoms. The number of nitrogens with zero attached hydrogens (tertiary/aromatic N) is 2.